The van der Waals surface area contributed by atoms with E-state index >= 15 is 0 Å². The largest absolute Gasteiger partial charge is 0.438 e. The quantitative estimate of drug-likeness (QED) is 0.531. The number of benzene rings is 1. The van der Waals surface area contributed by atoms with E-state index in [9.17, 15) is 15.3 Å². The van der Waals surface area contributed by atoms with Gasteiger partial charge in [-0.15, -0.1) is 0 Å². The Morgan fingerprint density at radius 1 is 1.33 bits per heavy atom. The lowest BCUT2D eigenvalue weighted by atomic mass is 9.86. The lowest BCUT2D eigenvalue weighted by Gasteiger charge is -2.24. The molecule has 0 aliphatic heterocycles. The molecule has 0 bridgehead atoms. The summed E-state index contributed by atoms with van der Waals surface area (Å²) in [6, 6.07) is 7.20. The average molecular weight is 331 g/mol. The van der Waals surface area contributed by atoms with Crippen LogP contribution in [0.3, 0.4) is 0 Å². The van der Waals surface area contributed by atoms with Crippen molar-refractivity contribution in [1.29, 1.82) is 0 Å². The molecule has 8 nitrogen and oxygen atoms in total. The molecule has 0 radical (unpaired) electrons. The third-order valence-corrected chi connectivity index (χ3v) is 4.62. The summed E-state index contributed by atoms with van der Waals surface area (Å²) in [6.07, 6.45) is 4.10. The van der Waals surface area contributed by atoms with Crippen molar-refractivity contribution in [1.82, 2.24) is 14.7 Å². The Kier molecular flexibility index (Phi) is 4.37. The van der Waals surface area contributed by atoms with E-state index in [0.717, 1.165) is 36.0 Å². The Hall–Kier alpha value is -2.64. The molecule has 0 saturated heterocycles. The Bertz CT molecular complexity index is 823. The van der Waals surface area contributed by atoms with Crippen molar-refractivity contribution in [2.45, 2.75) is 45.6 Å². The Morgan fingerprint density at radius 3 is 2.71 bits per heavy atom. The van der Waals surface area contributed by atoms with E-state index in [1.165, 1.54) is 0 Å². The SMILES string of the molecule is Cc1ccccc1-n1nc([N+](=O)[O-])c(=N[C@H]2CCCC[C@H]2C)n1O. The van der Waals surface area contributed by atoms with Gasteiger partial charge in [0.1, 0.15) is 5.69 Å². The zero-order valence-electron chi connectivity index (χ0n) is 13.8. The molecule has 1 aromatic heterocycles. The molecule has 2 aromatic rings. The van der Waals surface area contributed by atoms with E-state index in [2.05, 4.69) is 17.0 Å². The summed E-state index contributed by atoms with van der Waals surface area (Å²) in [5, 5.41) is 25.8. The summed E-state index contributed by atoms with van der Waals surface area (Å²) in [6.45, 7) is 3.94. The zero-order chi connectivity index (χ0) is 17.3. The van der Waals surface area contributed by atoms with Gasteiger partial charge < -0.3 is 15.3 Å². The van der Waals surface area contributed by atoms with Crippen molar-refractivity contribution in [2.24, 2.45) is 10.9 Å². The monoisotopic (exact) mass is 331 g/mol. The van der Waals surface area contributed by atoms with Crippen LogP contribution in [-0.4, -0.2) is 30.9 Å². The molecule has 8 heteroatoms. The van der Waals surface area contributed by atoms with Gasteiger partial charge in [-0.2, -0.15) is 0 Å². The summed E-state index contributed by atoms with van der Waals surface area (Å²) < 4.78 is 0. The number of para-hydroxylation sites is 1. The van der Waals surface area contributed by atoms with Gasteiger partial charge in [-0.25, -0.2) is 0 Å². The fourth-order valence-corrected chi connectivity index (χ4v) is 3.17. The minimum Gasteiger partial charge on any atom is -0.409 e. The predicted octanol–water partition coefficient (Wildman–Crippen LogP) is 2.61. The first-order valence-electron chi connectivity index (χ1n) is 8.15. The van der Waals surface area contributed by atoms with Crippen LogP contribution >= 0.6 is 0 Å². The molecule has 0 amide bonds. The first-order chi connectivity index (χ1) is 11.5. The van der Waals surface area contributed by atoms with E-state index in [1.54, 1.807) is 12.1 Å². The number of hydrogen-bond acceptors (Lipinski definition) is 5. The van der Waals surface area contributed by atoms with Crippen LogP contribution in [0, 0.1) is 23.0 Å². The fraction of sp³-hybridized carbons (Fsp3) is 0.500. The molecule has 1 heterocycles. The fourth-order valence-electron chi connectivity index (χ4n) is 3.17. The van der Waals surface area contributed by atoms with Crippen molar-refractivity contribution in [2.75, 3.05) is 0 Å². The van der Waals surface area contributed by atoms with Gasteiger partial charge in [-0.1, -0.05) is 42.8 Å². The normalized spacial score (nSPS) is 21.8. The second-order valence-electron chi connectivity index (χ2n) is 6.33. The number of nitro groups is 1. The van der Waals surface area contributed by atoms with Crippen LogP contribution in [0.5, 0.6) is 0 Å². The Labute approximate surface area is 139 Å². The highest BCUT2D eigenvalue weighted by molar-refractivity contribution is 5.38. The predicted molar refractivity (Wildman–Crippen MR) is 87.1 cm³/mol. The van der Waals surface area contributed by atoms with Gasteiger partial charge in [0, 0.05) is 0 Å². The van der Waals surface area contributed by atoms with Gasteiger partial charge in [-0.3, -0.25) is 4.99 Å². The molecule has 1 aliphatic rings. The number of hydrogen-bond donors (Lipinski definition) is 1. The molecule has 0 spiro atoms. The molecule has 1 aromatic carbocycles. The molecule has 1 aliphatic carbocycles. The van der Waals surface area contributed by atoms with Crippen LogP contribution in [-0.2, 0) is 0 Å². The van der Waals surface area contributed by atoms with Crippen molar-refractivity contribution < 1.29 is 10.1 Å². The maximum Gasteiger partial charge on any atom is 0.438 e. The number of aromatic nitrogens is 3. The summed E-state index contributed by atoms with van der Waals surface area (Å²) >= 11 is 0. The van der Waals surface area contributed by atoms with Crippen molar-refractivity contribution in [3.8, 4) is 5.69 Å². The van der Waals surface area contributed by atoms with Crippen LogP contribution < -0.4 is 5.49 Å². The summed E-state index contributed by atoms with van der Waals surface area (Å²) in [5.41, 5.74) is 1.32. The van der Waals surface area contributed by atoms with E-state index in [1.807, 2.05) is 19.1 Å². The Balaban J connectivity index is 2.15. The van der Waals surface area contributed by atoms with E-state index in [0.29, 0.717) is 16.5 Å². The zero-order valence-corrected chi connectivity index (χ0v) is 13.8. The van der Waals surface area contributed by atoms with Crippen molar-refractivity contribution >= 4 is 5.82 Å². The van der Waals surface area contributed by atoms with Crippen LogP contribution in [0.1, 0.15) is 38.2 Å². The molecule has 128 valence electrons. The van der Waals surface area contributed by atoms with Gasteiger partial charge in [0.25, 0.3) is 5.49 Å². The van der Waals surface area contributed by atoms with Crippen molar-refractivity contribution in [3.05, 3.63) is 45.4 Å². The highest BCUT2D eigenvalue weighted by atomic mass is 16.6. The van der Waals surface area contributed by atoms with Gasteiger partial charge in [0.05, 0.1) is 11.1 Å². The van der Waals surface area contributed by atoms with Crippen LogP contribution in [0.2, 0.25) is 0 Å². The third-order valence-electron chi connectivity index (χ3n) is 4.62. The molecule has 1 saturated carbocycles. The second kappa shape index (κ2) is 6.46. The molecular formula is C16H21N5O3. The Morgan fingerprint density at radius 2 is 2.04 bits per heavy atom. The molecular weight excluding hydrogens is 310 g/mol. The summed E-state index contributed by atoms with van der Waals surface area (Å²) in [4.78, 5) is 17.1. The number of rotatable bonds is 3. The topological polar surface area (TPSA) is 98.5 Å². The van der Waals surface area contributed by atoms with Gasteiger partial charge in [0.2, 0.25) is 0 Å². The molecule has 0 unspecified atom stereocenters. The van der Waals surface area contributed by atoms with Crippen LogP contribution in [0.25, 0.3) is 5.69 Å². The minimum atomic E-state index is -0.603. The third kappa shape index (κ3) is 2.91. The molecule has 24 heavy (non-hydrogen) atoms. The van der Waals surface area contributed by atoms with Crippen LogP contribution in [0.15, 0.2) is 29.3 Å². The second-order valence-corrected chi connectivity index (χ2v) is 6.33. The summed E-state index contributed by atoms with van der Waals surface area (Å²) in [5.74, 6) is -0.0984. The minimum absolute atomic E-state index is 0.0367. The maximum absolute atomic E-state index is 11.4. The van der Waals surface area contributed by atoms with E-state index < -0.39 is 10.7 Å². The smallest absolute Gasteiger partial charge is 0.409 e. The maximum atomic E-state index is 11.4. The first-order valence-corrected chi connectivity index (χ1v) is 8.15. The molecule has 1 N–H and O–H groups in total. The van der Waals surface area contributed by atoms with Crippen LogP contribution in [0.4, 0.5) is 5.82 Å². The molecule has 3 rings (SSSR count). The average Bonchev–Trinajstić information content (AvgIpc) is 2.87. The molecule has 2 atom stereocenters. The number of aryl methyl sites for hydroxylation is 1. The highest BCUT2D eigenvalue weighted by Crippen LogP contribution is 2.26. The number of nitrogens with zero attached hydrogens (tertiary/aromatic N) is 5. The van der Waals surface area contributed by atoms with Gasteiger partial charge >= 0.3 is 5.82 Å². The lowest BCUT2D eigenvalue weighted by molar-refractivity contribution is -0.391. The first kappa shape index (κ1) is 16.2. The lowest BCUT2D eigenvalue weighted by Crippen LogP contribution is -2.28. The molecule has 1 fully saturated rings. The van der Waals surface area contributed by atoms with Gasteiger partial charge in [0.15, 0.2) is 0 Å². The van der Waals surface area contributed by atoms with E-state index in [4.69, 9.17) is 0 Å². The highest BCUT2D eigenvalue weighted by Gasteiger charge is 2.27. The van der Waals surface area contributed by atoms with Gasteiger partial charge in [-0.05, 0) is 47.0 Å². The summed E-state index contributed by atoms with van der Waals surface area (Å²) in [7, 11) is 0. The van der Waals surface area contributed by atoms with E-state index in [-0.39, 0.29) is 11.5 Å². The standard InChI is InChI=1S/C16H21N5O3/c1-11-7-3-5-9-13(11)17-15-16(21(23)24)18-19(20(15)22)14-10-6-4-8-12(14)2/h4,6,8,10-11,13,22H,3,5,7,9H2,1-2H3/t11-,13+/m1/s1. The van der Waals surface area contributed by atoms with Crippen molar-refractivity contribution in [3.63, 3.8) is 0 Å².